The summed E-state index contributed by atoms with van der Waals surface area (Å²) in [7, 11) is 0. The van der Waals surface area contributed by atoms with Crippen LogP contribution >= 0.6 is 0 Å². The molecule has 1 aliphatic rings. The van der Waals surface area contributed by atoms with Gasteiger partial charge in [0.2, 0.25) is 0 Å². The number of pyridine rings is 2. The fraction of sp³-hybridized carbons (Fsp3) is 0.348. The van der Waals surface area contributed by atoms with E-state index in [9.17, 15) is 18.0 Å². The molecule has 2 N–H and O–H groups in total. The Balaban J connectivity index is 1.36. The number of fused-ring (bicyclic) bond motifs is 1. The van der Waals surface area contributed by atoms with Gasteiger partial charge in [0.1, 0.15) is 5.82 Å². The fourth-order valence-corrected chi connectivity index (χ4v) is 4.10. The molecule has 1 fully saturated rings. The summed E-state index contributed by atoms with van der Waals surface area (Å²) in [5, 5.41) is 7.83. The quantitative estimate of drug-likeness (QED) is 0.594. The van der Waals surface area contributed by atoms with E-state index in [1.54, 1.807) is 13.1 Å². The molecule has 0 bridgehead atoms. The maximum Gasteiger partial charge on any atom is 0.417 e. The van der Waals surface area contributed by atoms with Gasteiger partial charge in [0.25, 0.3) is 0 Å². The predicted octanol–water partition coefficient (Wildman–Crippen LogP) is 5.06. The molecule has 32 heavy (non-hydrogen) atoms. The minimum absolute atomic E-state index is 0.0283. The van der Waals surface area contributed by atoms with E-state index in [2.05, 4.69) is 20.6 Å². The van der Waals surface area contributed by atoms with Crippen LogP contribution in [0.25, 0.3) is 10.8 Å². The van der Waals surface area contributed by atoms with E-state index in [1.807, 2.05) is 36.1 Å². The van der Waals surface area contributed by atoms with Crippen LogP contribution < -0.4 is 15.5 Å². The second-order valence-corrected chi connectivity index (χ2v) is 8.02. The lowest BCUT2D eigenvalue weighted by Crippen LogP contribution is -2.46. The number of nitrogens with one attached hydrogen (secondary N) is 2. The zero-order valence-corrected chi connectivity index (χ0v) is 17.8. The Labute approximate surface area is 183 Å². The number of piperidine rings is 1. The Bertz CT molecular complexity index is 1140. The molecule has 4 rings (SSSR count). The Morgan fingerprint density at radius 2 is 1.84 bits per heavy atom. The number of carbonyl (C=O) groups excluding carboxylic acids is 1. The third kappa shape index (κ3) is 4.61. The summed E-state index contributed by atoms with van der Waals surface area (Å²) in [5.74, 6) is 0.556. The van der Waals surface area contributed by atoms with Crippen LogP contribution in [-0.4, -0.2) is 35.1 Å². The molecule has 3 heterocycles. The van der Waals surface area contributed by atoms with Crippen LogP contribution in [0.4, 0.5) is 29.5 Å². The van der Waals surface area contributed by atoms with Gasteiger partial charge in [-0.15, -0.1) is 0 Å². The van der Waals surface area contributed by atoms with Crippen LogP contribution in [0, 0.1) is 13.8 Å². The Morgan fingerprint density at radius 1 is 1.09 bits per heavy atom. The molecule has 2 amide bonds. The highest BCUT2D eigenvalue weighted by atomic mass is 19.4. The van der Waals surface area contributed by atoms with Crippen molar-refractivity contribution in [3.8, 4) is 0 Å². The number of halogens is 3. The number of rotatable bonds is 3. The molecule has 9 heteroatoms. The summed E-state index contributed by atoms with van der Waals surface area (Å²) in [4.78, 5) is 22.9. The van der Waals surface area contributed by atoms with Gasteiger partial charge in [-0.2, -0.15) is 13.2 Å². The molecular formula is C23H24F3N5O. The van der Waals surface area contributed by atoms with Gasteiger partial charge in [-0.25, -0.2) is 9.78 Å². The zero-order valence-electron chi connectivity index (χ0n) is 17.8. The number of aromatic nitrogens is 2. The Hall–Kier alpha value is -3.36. The lowest BCUT2D eigenvalue weighted by atomic mass is 10.0. The van der Waals surface area contributed by atoms with Crippen molar-refractivity contribution in [2.75, 3.05) is 23.3 Å². The fourth-order valence-electron chi connectivity index (χ4n) is 4.10. The molecule has 0 spiro atoms. The first-order valence-electron chi connectivity index (χ1n) is 10.4. The van der Waals surface area contributed by atoms with E-state index in [4.69, 9.17) is 0 Å². The molecule has 0 saturated carbocycles. The van der Waals surface area contributed by atoms with Crippen molar-refractivity contribution in [2.45, 2.75) is 38.9 Å². The van der Waals surface area contributed by atoms with E-state index in [-0.39, 0.29) is 12.1 Å². The first-order valence-corrected chi connectivity index (χ1v) is 10.4. The highest BCUT2D eigenvalue weighted by molar-refractivity contribution is 6.02. The predicted molar refractivity (Wildman–Crippen MR) is 118 cm³/mol. The number of amides is 2. The summed E-state index contributed by atoms with van der Waals surface area (Å²) >= 11 is 0. The van der Waals surface area contributed by atoms with Crippen molar-refractivity contribution >= 4 is 28.3 Å². The third-order valence-corrected chi connectivity index (χ3v) is 5.76. The Kier molecular flexibility index (Phi) is 5.90. The summed E-state index contributed by atoms with van der Waals surface area (Å²) in [6.45, 7) is 4.76. The summed E-state index contributed by atoms with van der Waals surface area (Å²) in [5.41, 5.74) is 1.36. The first-order chi connectivity index (χ1) is 15.2. The van der Waals surface area contributed by atoms with E-state index < -0.39 is 11.7 Å². The van der Waals surface area contributed by atoms with Gasteiger partial charge in [0.15, 0.2) is 0 Å². The summed E-state index contributed by atoms with van der Waals surface area (Å²) in [6.07, 6.45) is -0.461. The number of urea groups is 1. The first kappa shape index (κ1) is 21.9. The van der Waals surface area contributed by atoms with Gasteiger partial charge < -0.3 is 15.5 Å². The largest absolute Gasteiger partial charge is 0.417 e. The number of hydrogen-bond acceptors (Lipinski definition) is 4. The van der Waals surface area contributed by atoms with Crippen molar-refractivity contribution in [3.63, 3.8) is 0 Å². The van der Waals surface area contributed by atoms with Gasteiger partial charge in [0.05, 0.1) is 11.3 Å². The van der Waals surface area contributed by atoms with Crippen molar-refractivity contribution in [1.29, 1.82) is 0 Å². The van der Waals surface area contributed by atoms with Crippen molar-refractivity contribution in [1.82, 2.24) is 15.3 Å². The zero-order chi connectivity index (χ0) is 22.9. The second-order valence-electron chi connectivity index (χ2n) is 8.02. The molecule has 1 aliphatic heterocycles. The number of anilines is 2. The van der Waals surface area contributed by atoms with Crippen LogP contribution in [0.15, 0.2) is 42.7 Å². The number of carbonyl (C=O) groups is 1. The number of alkyl halides is 3. The van der Waals surface area contributed by atoms with E-state index in [1.165, 1.54) is 0 Å². The van der Waals surface area contributed by atoms with Gasteiger partial charge >= 0.3 is 12.2 Å². The number of aryl methyl sites for hydroxylation is 2. The monoisotopic (exact) mass is 443 g/mol. The molecule has 1 aromatic carbocycles. The van der Waals surface area contributed by atoms with Crippen LogP contribution in [0.1, 0.15) is 29.7 Å². The minimum atomic E-state index is -4.40. The lowest BCUT2D eigenvalue weighted by molar-refractivity contribution is -0.137. The van der Waals surface area contributed by atoms with E-state index >= 15 is 0 Å². The topological polar surface area (TPSA) is 70.2 Å². The maximum atomic E-state index is 12.9. The highest BCUT2D eigenvalue weighted by Crippen LogP contribution is 2.32. The van der Waals surface area contributed by atoms with Crippen molar-refractivity contribution in [2.24, 2.45) is 0 Å². The molecule has 6 nitrogen and oxygen atoms in total. The average Bonchev–Trinajstić information content (AvgIpc) is 2.74. The maximum absolute atomic E-state index is 12.9. The highest BCUT2D eigenvalue weighted by Gasteiger charge is 2.32. The lowest BCUT2D eigenvalue weighted by Gasteiger charge is -2.34. The standard InChI is InChI=1S/C23H24F3N5O/c1-14-12-16(23(24,25)26)13-28-21(14)31-10-7-17(8-11-31)29-22(32)30-20-5-3-4-18-15(2)27-9-6-19(18)20/h3-6,9,12-13,17H,7-8,10-11H2,1-2H3,(H2,29,30,32). The summed E-state index contributed by atoms with van der Waals surface area (Å²) in [6, 6.07) is 8.38. The number of benzene rings is 1. The van der Waals surface area contributed by atoms with Crippen LogP contribution in [0.5, 0.6) is 0 Å². The molecular weight excluding hydrogens is 419 g/mol. The van der Waals surface area contributed by atoms with Crippen LogP contribution in [0.2, 0.25) is 0 Å². The third-order valence-electron chi connectivity index (χ3n) is 5.76. The van der Waals surface area contributed by atoms with Gasteiger partial charge in [0, 0.05) is 48.0 Å². The van der Waals surface area contributed by atoms with Crippen molar-refractivity contribution < 1.29 is 18.0 Å². The molecule has 0 radical (unpaired) electrons. The molecule has 0 atom stereocenters. The second kappa shape index (κ2) is 8.64. The van der Waals surface area contributed by atoms with Crippen LogP contribution in [-0.2, 0) is 6.18 Å². The van der Waals surface area contributed by atoms with E-state index in [0.717, 1.165) is 28.7 Å². The minimum Gasteiger partial charge on any atom is -0.356 e. The van der Waals surface area contributed by atoms with Crippen LogP contribution in [0.3, 0.4) is 0 Å². The summed E-state index contributed by atoms with van der Waals surface area (Å²) < 4.78 is 38.6. The van der Waals surface area contributed by atoms with Gasteiger partial charge in [-0.05, 0) is 50.5 Å². The number of nitrogens with zero attached hydrogens (tertiary/aromatic N) is 3. The average molecular weight is 443 g/mol. The molecule has 0 aliphatic carbocycles. The molecule has 2 aromatic heterocycles. The van der Waals surface area contributed by atoms with Crippen molar-refractivity contribution in [3.05, 3.63) is 59.5 Å². The Morgan fingerprint density at radius 3 is 2.53 bits per heavy atom. The smallest absolute Gasteiger partial charge is 0.356 e. The SMILES string of the molecule is Cc1cc(C(F)(F)F)cnc1N1CCC(NC(=O)Nc2cccc3c(C)nccc23)CC1. The normalized spacial score (nSPS) is 15.1. The van der Waals surface area contributed by atoms with Gasteiger partial charge in [-0.3, -0.25) is 4.98 Å². The molecule has 3 aromatic rings. The molecule has 168 valence electrons. The number of hydrogen-bond donors (Lipinski definition) is 2. The molecule has 1 saturated heterocycles. The molecule has 0 unspecified atom stereocenters. The van der Waals surface area contributed by atoms with Gasteiger partial charge in [-0.1, -0.05) is 12.1 Å². The van der Waals surface area contributed by atoms with E-state index in [0.29, 0.717) is 43.0 Å².